The highest BCUT2D eigenvalue weighted by Crippen LogP contribution is 2.18. The lowest BCUT2D eigenvalue weighted by atomic mass is 10.2. The second kappa shape index (κ2) is 5.97. The number of thiophene rings is 1. The number of halogens is 1. The maximum absolute atomic E-state index is 13.1. The fourth-order valence-corrected chi connectivity index (χ4v) is 2.72. The van der Waals surface area contributed by atoms with E-state index in [1.807, 2.05) is 32.0 Å². The SMILES string of the molecule is CCN(Cc1cccc(F)c1)C(=O)c1ccc(C)s1. The molecule has 0 N–H and O–H groups in total. The van der Waals surface area contributed by atoms with Crippen LogP contribution in [0.5, 0.6) is 0 Å². The van der Waals surface area contributed by atoms with E-state index in [0.29, 0.717) is 13.1 Å². The Kier molecular flexibility index (Phi) is 4.32. The second-order valence-electron chi connectivity index (χ2n) is 4.36. The van der Waals surface area contributed by atoms with Crippen molar-refractivity contribution in [2.45, 2.75) is 20.4 Å². The average Bonchev–Trinajstić information content (AvgIpc) is 2.82. The Bertz CT molecular complexity index is 579. The normalized spacial score (nSPS) is 10.5. The van der Waals surface area contributed by atoms with Crippen LogP contribution in [0.15, 0.2) is 36.4 Å². The number of benzene rings is 1. The van der Waals surface area contributed by atoms with Gasteiger partial charge in [-0.3, -0.25) is 4.79 Å². The summed E-state index contributed by atoms with van der Waals surface area (Å²) in [6.45, 7) is 4.94. The molecule has 0 atom stereocenters. The Hall–Kier alpha value is -1.68. The molecule has 19 heavy (non-hydrogen) atoms. The molecular weight excluding hydrogens is 261 g/mol. The van der Waals surface area contributed by atoms with Gasteiger partial charge in [-0.15, -0.1) is 11.3 Å². The molecule has 0 fully saturated rings. The molecule has 1 heterocycles. The number of carbonyl (C=O) groups is 1. The van der Waals surface area contributed by atoms with Gasteiger partial charge in [0, 0.05) is 18.0 Å². The molecule has 2 aromatic rings. The van der Waals surface area contributed by atoms with Crippen LogP contribution in [0.1, 0.15) is 27.0 Å². The topological polar surface area (TPSA) is 20.3 Å². The fraction of sp³-hybridized carbons (Fsp3) is 0.267. The van der Waals surface area contributed by atoms with Gasteiger partial charge in [0.05, 0.1) is 4.88 Å². The molecule has 1 amide bonds. The lowest BCUT2D eigenvalue weighted by Crippen LogP contribution is -2.29. The maximum atomic E-state index is 13.1. The standard InChI is InChI=1S/C15H16FNOS/c1-3-17(10-12-5-4-6-13(16)9-12)15(18)14-8-7-11(2)19-14/h4-9H,3,10H2,1-2H3. The maximum Gasteiger partial charge on any atom is 0.264 e. The number of carbonyl (C=O) groups excluding carboxylic acids is 1. The third-order valence-corrected chi connectivity index (χ3v) is 3.87. The first kappa shape index (κ1) is 13.7. The molecule has 0 saturated carbocycles. The number of amides is 1. The minimum absolute atomic E-state index is 0.00450. The number of nitrogens with zero attached hydrogens (tertiary/aromatic N) is 1. The van der Waals surface area contributed by atoms with Gasteiger partial charge in [-0.1, -0.05) is 12.1 Å². The van der Waals surface area contributed by atoms with E-state index >= 15 is 0 Å². The van der Waals surface area contributed by atoms with Crippen molar-refractivity contribution >= 4 is 17.2 Å². The Morgan fingerprint density at radius 3 is 2.68 bits per heavy atom. The van der Waals surface area contributed by atoms with Crippen molar-refractivity contribution in [3.8, 4) is 0 Å². The van der Waals surface area contributed by atoms with Gasteiger partial charge in [0.1, 0.15) is 5.82 Å². The average molecular weight is 277 g/mol. The van der Waals surface area contributed by atoms with Crippen LogP contribution in [-0.4, -0.2) is 17.4 Å². The number of aryl methyl sites for hydroxylation is 1. The first-order valence-electron chi connectivity index (χ1n) is 6.20. The summed E-state index contributed by atoms with van der Waals surface area (Å²) in [6, 6.07) is 10.2. The zero-order valence-corrected chi connectivity index (χ0v) is 11.8. The summed E-state index contributed by atoms with van der Waals surface area (Å²) in [5, 5.41) is 0. The Labute approximate surface area is 116 Å². The molecule has 0 aliphatic rings. The second-order valence-corrected chi connectivity index (χ2v) is 5.65. The summed E-state index contributed by atoms with van der Waals surface area (Å²) in [6.07, 6.45) is 0. The van der Waals surface area contributed by atoms with Crippen LogP contribution in [0.2, 0.25) is 0 Å². The Morgan fingerprint density at radius 2 is 2.11 bits per heavy atom. The van der Waals surface area contributed by atoms with Gasteiger partial charge in [0.15, 0.2) is 0 Å². The molecule has 0 unspecified atom stereocenters. The highest BCUT2D eigenvalue weighted by molar-refractivity contribution is 7.13. The van der Waals surface area contributed by atoms with Crippen LogP contribution in [0.3, 0.4) is 0 Å². The smallest absolute Gasteiger partial charge is 0.264 e. The van der Waals surface area contributed by atoms with Crippen LogP contribution in [0, 0.1) is 12.7 Å². The monoisotopic (exact) mass is 277 g/mol. The zero-order chi connectivity index (χ0) is 13.8. The molecule has 0 spiro atoms. The quantitative estimate of drug-likeness (QED) is 0.831. The van der Waals surface area contributed by atoms with Gasteiger partial charge in [0.2, 0.25) is 0 Å². The molecule has 1 aromatic heterocycles. The zero-order valence-electron chi connectivity index (χ0n) is 11.0. The van der Waals surface area contributed by atoms with Crippen molar-refractivity contribution < 1.29 is 9.18 Å². The van der Waals surface area contributed by atoms with Crippen LogP contribution >= 0.6 is 11.3 Å². The summed E-state index contributed by atoms with van der Waals surface area (Å²) in [7, 11) is 0. The number of rotatable bonds is 4. The molecule has 0 radical (unpaired) electrons. The molecule has 1 aromatic carbocycles. The summed E-state index contributed by atoms with van der Waals surface area (Å²) in [5.41, 5.74) is 0.809. The summed E-state index contributed by atoms with van der Waals surface area (Å²) in [4.78, 5) is 15.9. The van der Waals surface area contributed by atoms with E-state index in [-0.39, 0.29) is 11.7 Å². The molecule has 2 rings (SSSR count). The van der Waals surface area contributed by atoms with Crippen molar-refractivity contribution in [3.63, 3.8) is 0 Å². The predicted octanol–water partition coefficient (Wildman–Crippen LogP) is 3.86. The van der Waals surface area contributed by atoms with Crippen LogP contribution < -0.4 is 0 Å². The minimum Gasteiger partial charge on any atom is -0.334 e. The third-order valence-electron chi connectivity index (χ3n) is 2.88. The van der Waals surface area contributed by atoms with E-state index in [1.54, 1.807) is 11.0 Å². The van der Waals surface area contributed by atoms with Gasteiger partial charge in [-0.05, 0) is 43.7 Å². The van der Waals surface area contributed by atoms with Gasteiger partial charge in [0.25, 0.3) is 5.91 Å². The highest BCUT2D eigenvalue weighted by Gasteiger charge is 2.16. The van der Waals surface area contributed by atoms with Gasteiger partial charge in [-0.2, -0.15) is 0 Å². The number of hydrogen-bond acceptors (Lipinski definition) is 2. The van der Waals surface area contributed by atoms with Crippen LogP contribution in [0.25, 0.3) is 0 Å². The molecule has 4 heteroatoms. The first-order chi connectivity index (χ1) is 9.10. The Morgan fingerprint density at radius 1 is 1.32 bits per heavy atom. The first-order valence-corrected chi connectivity index (χ1v) is 7.02. The molecule has 0 aliphatic heterocycles. The lowest BCUT2D eigenvalue weighted by Gasteiger charge is -2.20. The van der Waals surface area contributed by atoms with Crippen molar-refractivity contribution in [2.75, 3.05) is 6.54 Å². The summed E-state index contributed by atoms with van der Waals surface area (Å²) in [5.74, 6) is -0.266. The molecule has 100 valence electrons. The highest BCUT2D eigenvalue weighted by atomic mass is 32.1. The third kappa shape index (κ3) is 3.41. The summed E-state index contributed by atoms with van der Waals surface area (Å²) < 4.78 is 13.1. The predicted molar refractivity (Wildman–Crippen MR) is 75.9 cm³/mol. The molecule has 2 nitrogen and oxygen atoms in total. The van der Waals surface area contributed by atoms with E-state index in [0.717, 1.165) is 15.3 Å². The Balaban J connectivity index is 2.14. The molecular formula is C15H16FNOS. The molecule has 0 saturated heterocycles. The van der Waals surface area contributed by atoms with Crippen molar-refractivity contribution in [2.24, 2.45) is 0 Å². The van der Waals surface area contributed by atoms with Crippen molar-refractivity contribution in [1.29, 1.82) is 0 Å². The minimum atomic E-state index is -0.270. The van der Waals surface area contributed by atoms with Crippen LogP contribution in [-0.2, 0) is 6.54 Å². The van der Waals surface area contributed by atoms with E-state index < -0.39 is 0 Å². The van der Waals surface area contributed by atoms with Gasteiger partial charge < -0.3 is 4.90 Å². The molecule has 0 bridgehead atoms. The van der Waals surface area contributed by atoms with Gasteiger partial charge in [-0.25, -0.2) is 4.39 Å². The van der Waals surface area contributed by atoms with E-state index in [4.69, 9.17) is 0 Å². The van der Waals surface area contributed by atoms with Gasteiger partial charge >= 0.3 is 0 Å². The number of hydrogen-bond donors (Lipinski definition) is 0. The van der Waals surface area contributed by atoms with Crippen molar-refractivity contribution in [1.82, 2.24) is 4.90 Å². The van der Waals surface area contributed by atoms with Crippen molar-refractivity contribution in [3.05, 3.63) is 57.5 Å². The fourth-order valence-electron chi connectivity index (χ4n) is 1.89. The molecule has 0 aliphatic carbocycles. The van der Waals surface area contributed by atoms with E-state index in [2.05, 4.69) is 0 Å². The van der Waals surface area contributed by atoms with E-state index in [9.17, 15) is 9.18 Å². The van der Waals surface area contributed by atoms with Crippen LogP contribution in [0.4, 0.5) is 4.39 Å². The summed E-state index contributed by atoms with van der Waals surface area (Å²) >= 11 is 1.49. The van der Waals surface area contributed by atoms with E-state index in [1.165, 1.54) is 23.5 Å². The lowest BCUT2D eigenvalue weighted by molar-refractivity contribution is 0.0757. The largest absolute Gasteiger partial charge is 0.334 e.